The highest BCUT2D eigenvalue weighted by Gasteiger charge is 2.14. The summed E-state index contributed by atoms with van der Waals surface area (Å²) in [6.07, 6.45) is 0.635. The molecule has 0 spiro atoms. The Morgan fingerprint density at radius 1 is 1.28 bits per heavy atom. The average Bonchev–Trinajstić information content (AvgIpc) is 2.81. The van der Waals surface area contributed by atoms with E-state index in [-0.39, 0.29) is 12.1 Å². The summed E-state index contributed by atoms with van der Waals surface area (Å²) in [6, 6.07) is 9.13. The maximum atomic E-state index is 12.0. The molecule has 0 bridgehead atoms. The molecule has 0 saturated carbocycles. The third-order valence-electron chi connectivity index (χ3n) is 4.46. The van der Waals surface area contributed by atoms with Gasteiger partial charge in [-0.2, -0.15) is 5.10 Å². The maximum Gasteiger partial charge on any atom is 0.315 e. The third-order valence-corrected chi connectivity index (χ3v) is 4.46. The molecule has 6 heteroatoms. The highest BCUT2D eigenvalue weighted by molar-refractivity contribution is 5.74. The normalized spacial score (nSPS) is 13.3. The van der Waals surface area contributed by atoms with E-state index in [1.54, 1.807) is 0 Å². The summed E-state index contributed by atoms with van der Waals surface area (Å²) in [5, 5.41) is 20.3. The fraction of sp³-hybridized carbons (Fsp3) is 0.474. The van der Waals surface area contributed by atoms with Crippen LogP contribution in [0, 0.1) is 13.8 Å². The van der Waals surface area contributed by atoms with Gasteiger partial charge < -0.3 is 15.7 Å². The molecule has 0 aliphatic heterocycles. The Kier molecular flexibility index (Phi) is 6.58. The first kappa shape index (κ1) is 19.0. The molecule has 0 aliphatic rings. The number of nitrogens with one attached hydrogen (secondary N) is 2. The Morgan fingerprint density at radius 2 is 1.96 bits per heavy atom. The first-order valence-electron chi connectivity index (χ1n) is 8.65. The van der Waals surface area contributed by atoms with Gasteiger partial charge in [0, 0.05) is 25.3 Å². The summed E-state index contributed by atoms with van der Waals surface area (Å²) < 4.78 is 1.86. The highest BCUT2D eigenvalue weighted by Crippen LogP contribution is 2.17. The quantitative estimate of drug-likeness (QED) is 0.721. The van der Waals surface area contributed by atoms with Crippen LogP contribution >= 0.6 is 0 Å². The number of amides is 2. The van der Waals surface area contributed by atoms with E-state index in [4.69, 9.17) is 0 Å². The summed E-state index contributed by atoms with van der Waals surface area (Å²) in [6.45, 7) is 6.45. The molecule has 0 unspecified atom stereocenters. The van der Waals surface area contributed by atoms with Crippen molar-refractivity contribution in [2.45, 2.75) is 45.8 Å². The lowest BCUT2D eigenvalue weighted by Crippen LogP contribution is -2.42. The van der Waals surface area contributed by atoms with E-state index in [2.05, 4.69) is 15.7 Å². The van der Waals surface area contributed by atoms with Gasteiger partial charge in [0.1, 0.15) is 0 Å². The molecule has 136 valence electrons. The first-order chi connectivity index (χ1) is 11.9. The van der Waals surface area contributed by atoms with Crippen LogP contribution in [0.5, 0.6) is 0 Å². The molecule has 2 rings (SSSR count). The van der Waals surface area contributed by atoms with Gasteiger partial charge in [-0.1, -0.05) is 30.3 Å². The predicted molar refractivity (Wildman–Crippen MR) is 98.4 cm³/mol. The third kappa shape index (κ3) is 5.32. The van der Waals surface area contributed by atoms with Crippen molar-refractivity contribution in [1.82, 2.24) is 20.4 Å². The summed E-state index contributed by atoms with van der Waals surface area (Å²) in [5.41, 5.74) is 4.16. The topological polar surface area (TPSA) is 79.2 Å². The molecular formula is C19H28N4O2. The van der Waals surface area contributed by atoms with Crippen LogP contribution in [-0.2, 0) is 13.5 Å². The van der Waals surface area contributed by atoms with Crippen LogP contribution in [0.15, 0.2) is 30.3 Å². The van der Waals surface area contributed by atoms with Crippen LogP contribution < -0.4 is 10.6 Å². The second kappa shape index (κ2) is 8.67. The molecule has 2 aromatic rings. The minimum atomic E-state index is -0.586. The van der Waals surface area contributed by atoms with E-state index in [1.165, 1.54) is 5.56 Å². The van der Waals surface area contributed by atoms with Gasteiger partial charge in [-0.15, -0.1) is 0 Å². The SMILES string of the molecule is Cc1nn(C)c(C)c1CCNC(=O)N[C@@H](C)C[C@@H](O)c1ccccc1. The number of carbonyl (C=O) groups is 1. The number of aryl methyl sites for hydroxylation is 2. The van der Waals surface area contributed by atoms with Crippen LogP contribution in [0.25, 0.3) is 0 Å². The van der Waals surface area contributed by atoms with Crippen molar-refractivity contribution in [3.63, 3.8) is 0 Å². The molecule has 2 amide bonds. The van der Waals surface area contributed by atoms with Crippen LogP contribution in [0.3, 0.4) is 0 Å². The van der Waals surface area contributed by atoms with Gasteiger partial charge in [0.2, 0.25) is 0 Å². The summed E-state index contributed by atoms with van der Waals surface area (Å²) in [4.78, 5) is 12.0. The zero-order valence-corrected chi connectivity index (χ0v) is 15.4. The number of hydrogen-bond acceptors (Lipinski definition) is 3. The minimum absolute atomic E-state index is 0.128. The van der Waals surface area contributed by atoms with E-state index in [9.17, 15) is 9.90 Å². The number of carbonyl (C=O) groups excluding carboxylic acids is 1. The van der Waals surface area contributed by atoms with Crippen LogP contribution in [0.4, 0.5) is 4.79 Å². The number of urea groups is 1. The van der Waals surface area contributed by atoms with Gasteiger partial charge in [0.15, 0.2) is 0 Å². The smallest absolute Gasteiger partial charge is 0.315 e. The van der Waals surface area contributed by atoms with Gasteiger partial charge in [0.25, 0.3) is 0 Å². The molecule has 1 heterocycles. The Labute approximate surface area is 149 Å². The predicted octanol–water partition coefficient (Wildman–Crippen LogP) is 2.39. The van der Waals surface area contributed by atoms with E-state index in [0.29, 0.717) is 13.0 Å². The summed E-state index contributed by atoms with van der Waals surface area (Å²) in [5.74, 6) is 0. The van der Waals surface area contributed by atoms with Crippen LogP contribution in [0.1, 0.15) is 42.0 Å². The summed E-state index contributed by atoms with van der Waals surface area (Å²) >= 11 is 0. The molecule has 1 aromatic carbocycles. The molecule has 0 aliphatic carbocycles. The van der Waals surface area contributed by atoms with Gasteiger partial charge in [-0.05, 0) is 44.7 Å². The molecular weight excluding hydrogens is 316 g/mol. The Hall–Kier alpha value is -2.34. The lowest BCUT2D eigenvalue weighted by molar-refractivity contribution is 0.154. The number of aliphatic hydroxyl groups excluding tert-OH is 1. The van der Waals surface area contributed by atoms with Crippen LogP contribution in [0.2, 0.25) is 0 Å². The Bertz CT molecular complexity index is 697. The monoisotopic (exact) mass is 344 g/mol. The number of rotatable bonds is 7. The summed E-state index contributed by atoms with van der Waals surface area (Å²) in [7, 11) is 1.92. The number of benzene rings is 1. The molecule has 2 atom stereocenters. The van der Waals surface area contributed by atoms with Crippen molar-refractivity contribution in [3.8, 4) is 0 Å². The lowest BCUT2D eigenvalue weighted by atomic mass is 10.0. The van der Waals surface area contributed by atoms with Crippen molar-refractivity contribution >= 4 is 6.03 Å². The highest BCUT2D eigenvalue weighted by atomic mass is 16.3. The van der Waals surface area contributed by atoms with Crippen molar-refractivity contribution in [3.05, 3.63) is 52.8 Å². The fourth-order valence-corrected chi connectivity index (χ4v) is 2.96. The lowest BCUT2D eigenvalue weighted by Gasteiger charge is -2.18. The Morgan fingerprint density at radius 3 is 2.56 bits per heavy atom. The van der Waals surface area contributed by atoms with E-state index >= 15 is 0 Å². The van der Waals surface area contributed by atoms with Gasteiger partial charge >= 0.3 is 6.03 Å². The molecule has 0 saturated heterocycles. The minimum Gasteiger partial charge on any atom is -0.388 e. The molecule has 3 N–H and O–H groups in total. The van der Waals surface area contributed by atoms with Crippen molar-refractivity contribution in [1.29, 1.82) is 0 Å². The molecule has 6 nitrogen and oxygen atoms in total. The number of aromatic nitrogens is 2. The fourth-order valence-electron chi connectivity index (χ4n) is 2.96. The van der Waals surface area contributed by atoms with Crippen LogP contribution in [-0.4, -0.2) is 33.5 Å². The molecule has 25 heavy (non-hydrogen) atoms. The maximum absolute atomic E-state index is 12.0. The Balaban J connectivity index is 1.74. The molecule has 1 aromatic heterocycles. The van der Waals surface area contributed by atoms with E-state index in [1.807, 2.05) is 62.8 Å². The van der Waals surface area contributed by atoms with Crippen molar-refractivity contribution < 1.29 is 9.90 Å². The molecule has 0 fully saturated rings. The van der Waals surface area contributed by atoms with Gasteiger partial charge in [0.05, 0.1) is 11.8 Å². The number of aliphatic hydroxyl groups is 1. The number of hydrogen-bond donors (Lipinski definition) is 3. The van der Waals surface area contributed by atoms with Crippen molar-refractivity contribution in [2.75, 3.05) is 6.54 Å². The number of nitrogens with zero attached hydrogens (tertiary/aromatic N) is 2. The zero-order chi connectivity index (χ0) is 18.4. The van der Waals surface area contributed by atoms with Gasteiger partial charge in [-0.25, -0.2) is 4.79 Å². The zero-order valence-electron chi connectivity index (χ0n) is 15.4. The van der Waals surface area contributed by atoms with Crippen molar-refractivity contribution in [2.24, 2.45) is 7.05 Å². The van der Waals surface area contributed by atoms with Gasteiger partial charge in [-0.3, -0.25) is 4.68 Å². The largest absolute Gasteiger partial charge is 0.388 e. The average molecular weight is 344 g/mol. The second-order valence-corrected chi connectivity index (χ2v) is 6.49. The first-order valence-corrected chi connectivity index (χ1v) is 8.65. The van der Waals surface area contributed by atoms with E-state index < -0.39 is 6.10 Å². The second-order valence-electron chi connectivity index (χ2n) is 6.49. The molecule has 0 radical (unpaired) electrons. The van der Waals surface area contributed by atoms with E-state index in [0.717, 1.165) is 23.4 Å². The standard InChI is InChI=1S/C19H28N4O2/c1-13(12-18(24)16-8-6-5-7-9-16)21-19(25)20-11-10-17-14(2)22-23(4)15(17)3/h5-9,13,18,24H,10-12H2,1-4H3,(H2,20,21,25)/t13-,18+/m0/s1.